The van der Waals surface area contributed by atoms with Crippen LogP contribution in [0.25, 0.3) is 0 Å². The van der Waals surface area contributed by atoms with Gasteiger partial charge in [-0.05, 0) is 26.3 Å². The zero-order valence-electron chi connectivity index (χ0n) is 12.4. The van der Waals surface area contributed by atoms with Gasteiger partial charge >= 0.3 is 0 Å². The Hall–Kier alpha value is -0.620. The van der Waals surface area contributed by atoms with Crippen molar-refractivity contribution in [2.24, 2.45) is 7.05 Å². The van der Waals surface area contributed by atoms with Crippen molar-refractivity contribution in [3.8, 4) is 0 Å². The molecule has 1 unspecified atom stereocenters. The molecular formula is C13H24ClN3O2. The zero-order chi connectivity index (χ0) is 14.4. The van der Waals surface area contributed by atoms with Crippen LogP contribution in [0, 0.1) is 6.92 Å². The molecule has 1 N–H and O–H groups in total. The lowest BCUT2D eigenvalue weighted by Crippen LogP contribution is -2.44. The first kappa shape index (κ1) is 16.4. The Morgan fingerprint density at radius 3 is 2.42 bits per heavy atom. The van der Waals surface area contributed by atoms with E-state index in [2.05, 4.69) is 17.3 Å². The molecule has 1 aromatic rings. The van der Waals surface area contributed by atoms with Gasteiger partial charge in [0.1, 0.15) is 5.15 Å². The quantitative estimate of drug-likeness (QED) is 0.743. The molecule has 19 heavy (non-hydrogen) atoms. The molecule has 0 saturated heterocycles. The molecule has 1 rings (SSSR count). The van der Waals surface area contributed by atoms with E-state index < -0.39 is 0 Å². The van der Waals surface area contributed by atoms with E-state index in [4.69, 9.17) is 21.1 Å². The van der Waals surface area contributed by atoms with Crippen molar-refractivity contribution in [3.05, 3.63) is 16.4 Å². The van der Waals surface area contributed by atoms with Crippen LogP contribution in [0.3, 0.4) is 0 Å². The first-order valence-corrected chi connectivity index (χ1v) is 6.89. The van der Waals surface area contributed by atoms with Gasteiger partial charge in [0.25, 0.3) is 0 Å². The minimum atomic E-state index is -0.303. The smallest absolute Gasteiger partial charge is 0.172 e. The average Bonchev–Trinajstić information content (AvgIpc) is 2.63. The van der Waals surface area contributed by atoms with Gasteiger partial charge in [0.05, 0.1) is 11.7 Å². The number of aromatic nitrogens is 2. The number of methoxy groups -OCH3 is 2. The van der Waals surface area contributed by atoms with E-state index in [1.54, 1.807) is 18.9 Å². The van der Waals surface area contributed by atoms with Crippen LogP contribution in [-0.2, 0) is 22.9 Å². The van der Waals surface area contributed by atoms with Gasteiger partial charge in [-0.3, -0.25) is 4.68 Å². The van der Waals surface area contributed by atoms with Gasteiger partial charge in [0.2, 0.25) is 0 Å². The van der Waals surface area contributed by atoms with Gasteiger partial charge in [0.15, 0.2) is 6.29 Å². The molecule has 0 saturated carbocycles. The molecule has 5 nitrogen and oxygen atoms in total. The molecule has 0 fully saturated rings. The van der Waals surface area contributed by atoms with E-state index in [-0.39, 0.29) is 12.3 Å². The molecule has 0 radical (unpaired) electrons. The number of ether oxygens (including phenoxy) is 2. The molecule has 0 bridgehead atoms. The van der Waals surface area contributed by atoms with E-state index in [1.807, 2.05) is 14.0 Å². The number of hydrogen-bond acceptors (Lipinski definition) is 4. The Kier molecular flexibility index (Phi) is 6.79. The summed E-state index contributed by atoms with van der Waals surface area (Å²) in [5, 5.41) is 8.44. The van der Waals surface area contributed by atoms with Crippen LogP contribution in [0.1, 0.15) is 24.6 Å². The normalized spacial score (nSPS) is 13.2. The summed E-state index contributed by atoms with van der Waals surface area (Å²) in [6.45, 7) is 5.00. The Morgan fingerprint density at radius 2 is 2.00 bits per heavy atom. The topological polar surface area (TPSA) is 48.3 Å². The Bertz CT molecular complexity index is 391. The first-order valence-electron chi connectivity index (χ1n) is 6.52. The fourth-order valence-corrected chi connectivity index (χ4v) is 2.40. The molecule has 1 aromatic heterocycles. The number of hydrogen-bond donors (Lipinski definition) is 1. The number of nitrogens with one attached hydrogen (secondary N) is 1. The van der Waals surface area contributed by atoms with Crippen molar-refractivity contribution < 1.29 is 9.47 Å². The molecule has 6 heteroatoms. The fraction of sp³-hybridized carbons (Fsp3) is 0.769. The van der Waals surface area contributed by atoms with Gasteiger partial charge in [-0.15, -0.1) is 0 Å². The third kappa shape index (κ3) is 4.18. The summed E-state index contributed by atoms with van der Waals surface area (Å²) in [6, 6.07) is 0.0512. The molecule has 0 spiro atoms. The average molecular weight is 290 g/mol. The maximum Gasteiger partial charge on any atom is 0.172 e. The van der Waals surface area contributed by atoms with Crippen LogP contribution in [0.5, 0.6) is 0 Å². The molecule has 0 aliphatic carbocycles. The molecule has 0 aliphatic rings. The van der Waals surface area contributed by atoms with E-state index in [9.17, 15) is 0 Å². The highest BCUT2D eigenvalue weighted by Gasteiger charge is 2.24. The summed E-state index contributed by atoms with van der Waals surface area (Å²) in [5.41, 5.74) is 1.98. The second-order valence-corrected chi connectivity index (χ2v) is 4.94. The molecular weight excluding hydrogens is 266 g/mol. The molecule has 1 heterocycles. The third-order valence-corrected chi connectivity index (χ3v) is 3.62. The highest BCUT2D eigenvalue weighted by atomic mass is 35.5. The summed E-state index contributed by atoms with van der Waals surface area (Å²) in [4.78, 5) is 0. The van der Waals surface area contributed by atoms with Crippen molar-refractivity contribution in [1.29, 1.82) is 0 Å². The molecule has 1 atom stereocenters. The molecule has 0 amide bonds. The largest absolute Gasteiger partial charge is 0.354 e. The molecule has 110 valence electrons. The highest BCUT2D eigenvalue weighted by Crippen LogP contribution is 2.21. The van der Waals surface area contributed by atoms with Crippen LogP contribution in [0.15, 0.2) is 0 Å². The maximum atomic E-state index is 6.27. The fourth-order valence-electron chi connectivity index (χ4n) is 2.14. The van der Waals surface area contributed by atoms with Crippen molar-refractivity contribution in [3.63, 3.8) is 0 Å². The maximum absolute atomic E-state index is 6.27. The molecule has 0 aliphatic heterocycles. The van der Waals surface area contributed by atoms with E-state index in [1.165, 1.54) is 0 Å². The first-order chi connectivity index (χ1) is 9.04. The zero-order valence-corrected chi connectivity index (χ0v) is 13.1. The number of halogens is 1. The second-order valence-electron chi connectivity index (χ2n) is 4.58. The summed E-state index contributed by atoms with van der Waals surface area (Å²) in [6.07, 6.45) is 1.48. The minimum absolute atomic E-state index is 0.0512. The highest BCUT2D eigenvalue weighted by molar-refractivity contribution is 6.30. The lowest BCUT2D eigenvalue weighted by atomic mass is 10.1. The van der Waals surface area contributed by atoms with E-state index in [0.717, 1.165) is 30.6 Å². The standard InChI is InChI=1S/C13H24ClN3O2/c1-6-7-15-11(13(18-4)19-5)8-10-9(2)16-17(3)12(10)14/h11,13,15H,6-8H2,1-5H3. The predicted molar refractivity (Wildman–Crippen MR) is 76.5 cm³/mol. The van der Waals surface area contributed by atoms with E-state index in [0.29, 0.717) is 5.15 Å². The van der Waals surface area contributed by atoms with Gasteiger partial charge < -0.3 is 14.8 Å². The van der Waals surface area contributed by atoms with Gasteiger partial charge in [-0.1, -0.05) is 18.5 Å². The number of nitrogens with zero attached hydrogens (tertiary/aromatic N) is 2. The van der Waals surface area contributed by atoms with Crippen LogP contribution >= 0.6 is 11.6 Å². The summed E-state index contributed by atoms with van der Waals surface area (Å²) in [7, 11) is 5.14. The number of rotatable bonds is 8. The Morgan fingerprint density at radius 1 is 1.37 bits per heavy atom. The van der Waals surface area contributed by atoms with Crippen LogP contribution in [0.4, 0.5) is 0 Å². The van der Waals surface area contributed by atoms with Crippen LogP contribution < -0.4 is 5.32 Å². The van der Waals surface area contributed by atoms with E-state index >= 15 is 0 Å². The van der Waals surface area contributed by atoms with Crippen LogP contribution in [0.2, 0.25) is 5.15 Å². The predicted octanol–water partition coefficient (Wildman–Crippen LogP) is 1.91. The summed E-state index contributed by atoms with van der Waals surface area (Å²) >= 11 is 6.27. The minimum Gasteiger partial charge on any atom is -0.354 e. The second kappa shape index (κ2) is 7.85. The lowest BCUT2D eigenvalue weighted by molar-refractivity contribution is -0.122. The van der Waals surface area contributed by atoms with Gasteiger partial charge in [-0.25, -0.2) is 0 Å². The van der Waals surface area contributed by atoms with Gasteiger partial charge in [0, 0.05) is 26.8 Å². The number of aryl methyl sites for hydroxylation is 2. The van der Waals surface area contributed by atoms with Crippen molar-refractivity contribution in [2.45, 2.75) is 39.0 Å². The SMILES string of the molecule is CCCNC(Cc1c(C)nn(C)c1Cl)C(OC)OC. The summed E-state index contributed by atoms with van der Waals surface area (Å²) in [5.74, 6) is 0. The van der Waals surface area contributed by atoms with Crippen molar-refractivity contribution >= 4 is 11.6 Å². The van der Waals surface area contributed by atoms with Crippen LogP contribution in [-0.4, -0.2) is 42.9 Å². The molecule has 0 aromatic carbocycles. The third-order valence-electron chi connectivity index (χ3n) is 3.14. The Balaban J connectivity index is 2.86. The lowest BCUT2D eigenvalue weighted by Gasteiger charge is -2.25. The van der Waals surface area contributed by atoms with Crippen molar-refractivity contribution in [2.75, 3.05) is 20.8 Å². The van der Waals surface area contributed by atoms with Gasteiger partial charge in [-0.2, -0.15) is 5.10 Å². The Labute approximate surface area is 120 Å². The van der Waals surface area contributed by atoms with Crippen molar-refractivity contribution in [1.82, 2.24) is 15.1 Å². The summed E-state index contributed by atoms with van der Waals surface area (Å²) < 4.78 is 12.4. The monoisotopic (exact) mass is 289 g/mol.